The maximum absolute atomic E-state index is 11.6. The van der Waals surface area contributed by atoms with Crippen LogP contribution in [0.3, 0.4) is 0 Å². The number of piperidine rings is 1. The number of hydrogen-bond donors (Lipinski definition) is 1. The summed E-state index contributed by atoms with van der Waals surface area (Å²) in [6, 6.07) is 0. The van der Waals surface area contributed by atoms with Crippen molar-refractivity contribution >= 4 is 5.97 Å². The molecule has 1 saturated heterocycles. The summed E-state index contributed by atoms with van der Waals surface area (Å²) in [7, 11) is 0. The van der Waals surface area contributed by atoms with Crippen molar-refractivity contribution in [1.29, 1.82) is 0 Å². The SMILES string of the molecule is CCOC(=O)C1CC(C(C)C)CN(O)C1. The molecule has 4 heteroatoms. The van der Waals surface area contributed by atoms with Crippen LogP contribution in [0.15, 0.2) is 0 Å². The van der Waals surface area contributed by atoms with Crippen molar-refractivity contribution < 1.29 is 14.7 Å². The zero-order valence-electron chi connectivity index (χ0n) is 9.77. The van der Waals surface area contributed by atoms with Crippen LogP contribution in [0.2, 0.25) is 0 Å². The molecule has 1 rings (SSSR count). The van der Waals surface area contributed by atoms with E-state index >= 15 is 0 Å². The first-order valence-electron chi connectivity index (χ1n) is 5.65. The molecule has 0 bridgehead atoms. The molecule has 0 aliphatic carbocycles. The molecule has 1 aliphatic heterocycles. The van der Waals surface area contributed by atoms with Gasteiger partial charge in [-0.05, 0) is 25.2 Å². The Morgan fingerprint density at radius 1 is 1.53 bits per heavy atom. The van der Waals surface area contributed by atoms with Crippen LogP contribution in [0.4, 0.5) is 0 Å². The first kappa shape index (κ1) is 12.5. The Hall–Kier alpha value is -0.610. The summed E-state index contributed by atoms with van der Waals surface area (Å²) in [4.78, 5) is 11.6. The molecule has 1 aliphatic rings. The van der Waals surface area contributed by atoms with E-state index in [0.29, 0.717) is 31.5 Å². The topological polar surface area (TPSA) is 49.8 Å². The fraction of sp³-hybridized carbons (Fsp3) is 0.909. The number of rotatable bonds is 3. The molecule has 0 aromatic heterocycles. The molecule has 0 amide bonds. The third-order valence-electron chi connectivity index (χ3n) is 3.03. The largest absolute Gasteiger partial charge is 0.466 e. The fourth-order valence-corrected chi connectivity index (χ4v) is 2.03. The second-order valence-corrected chi connectivity index (χ2v) is 4.56. The molecule has 2 atom stereocenters. The summed E-state index contributed by atoms with van der Waals surface area (Å²) in [5.41, 5.74) is 0. The highest BCUT2D eigenvalue weighted by Crippen LogP contribution is 2.27. The summed E-state index contributed by atoms with van der Waals surface area (Å²) in [6.07, 6.45) is 0.827. The number of nitrogens with zero attached hydrogens (tertiary/aromatic N) is 1. The molecular weight excluding hydrogens is 194 g/mol. The Morgan fingerprint density at radius 3 is 2.73 bits per heavy atom. The fourth-order valence-electron chi connectivity index (χ4n) is 2.03. The highest BCUT2D eigenvalue weighted by atomic mass is 16.5. The molecule has 0 radical (unpaired) electrons. The van der Waals surface area contributed by atoms with Gasteiger partial charge in [-0.3, -0.25) is 4.79 Å². The normalized spacial score (nSPS) is 28.1. The second kappa shape index (κ2) is 5.47. The van der Waals surface area contributed by atoms with E-state index in [1.165, 1.54) is 5.06 Å². The molecular formula is C11H21NO3. The lowest BCUT2D eigenvalue weighted by molar-refractivity contribution is -0.169. The molecule has 4 nitrogen and oxygen atoms in total. The van der Waals surface area contributed by atoms with Crippen LogP contribution in [0, 0.1) is 17.8 Å². The van der Waals surface area contributed by atoms with Gasteiger partial charge in [0.15, 0.2) is 0 Å². The zero-order valence-corrected chi connectivity index (χ0v) is 9.77. The van der Waals surface area contributed by atoms with Crippen LogP contribution < -0.4 is 0 Å². The van der Waals surface area contributed by atoms with Gasteiger partial charge in [-0.1, -0.05) is 13.8 Å². The lowest BCUT2D eigenvalue weighted by Crippen LogP contribution is -2.43. The van der Waals surface area contributed by atoms with Gasteiger partial charge in [0.05, 0.1) is 12.5 Å². The third-order valence-corrected chi connectivity index (χ3v) is 3.03. The minimum atomic E-state index is -0.179. The van der Waals surface area contributed by atoms with E-state index in [-0.39, 0.29) is 11.9 Å². The van der Waals surface area contributed by atoms with Crippen LogP contribution in [0.25, 0.3) is 0 Å². The molecule has 88 valence electrons. The molecule has 1 N–H and O–H groups in total. The molecule has 1 fully saturated rings. The minimum absolute atomic E-state index is 0.170. The standard InChI is InChI=1S/C11H21NO3/c1-4-15-11(13)10-5-9(8(2)3)6-12(14)7-10/h8-10,14H,4-7H2,1-3H3. The monoisotopic (exact) mass is 215 g/mol. The Balaban J connectivity index is 2.55. The van der Waals surface area contributed by atoms with Crippen LogP contribution in [0.5, 0.6) is 0 Å². The van der Waals surface area contributed by atoms with Gasteiger partial charge in [-0.25, -0.2) is 0 Å². The van der Waals surface area contributed by atoms with Crippen LogP contribution >= 0.6 is 0 Å². The van der Waals surface area contributed by atoms with Gasteiger partial charge in [-0.2, -0.15) is 5.06 Å². The van der Waals surface area contributed by atoms with E-state index in [2.05, 4.69) is 13.8 Å². The highest BCUT2D eigenvalue weighted by Gasteiger charge is 2.33. The Bertz CT molecular complexity index is 218. The predicted molar refractivity (Wildman–Crippen MR) is 56.4 cm³/mol. The number of hydroxylamine groups is 2. The lowest BCUT2D eigenvalue weighted by Gasteiger charge is -2.34. The van der Waals surface area contributed by atoms with E-state index in [9.17, 15) is 10.0 Å². The van der Waals surface area contributed by atoms with E-state index < -0.39 is 0 Å². The smallest absolute Gasteiger partial charge is 0.310 e. The van der Waals surface area contributed by atoms with Gasteiger partial charge in [0.25, 0.3) is 0 Å². The maximum Gasteiger partial charge on any atom is 0.310 e. The molecule has 1 heterocycles. The number of carbonyl (C=O) groups is 1. The van der Waals surface area contributed by atoms with Gasteiger partial charge in [-0.15, -0.1) is 0 Å². The Morgan fingerprint density at radius 2 is 2.20 bits per heavy atom. The van der Waals surface area contributed by atoms with E-state index in [4.69, 9.17) is 4.74 Å². The quantitative estimate of drug-likeness (QED) is 0.725. The average molecular weight is 215 g/mol. The van der Waals surface area contributed by atoms with Crippen molar-refractivity contribution in [3.8, 4) is 0 Å². The van der Waals surface area contributed by atoms with Crippen molar-refractivity contribution in [1.82, 2.24) is 5.06 Å². The first-order chi connectivity index (χ1) is 7.04. The van der Waals surface area contributed by atoms with E-state index in [0.717, 1.165) is 6.42 Å². The molecule has 0 spiro atoms. The number of carbonyl (C=O) groups excluding carboxylic acids is 1. The predicted octanol–water partition coefficient (Wildman–Crippen LogP) is 1.53. The van der Waals surface area contributed by atoms with E-state index in [1.807, 2.05) is 0 Å². The van der Waals surface area contributed by atoms with Gasteiger partial charge < -0.3 is 9.94 Å². The summed E-state index contributed by atoms with van der Waals surface area (Å²) in [5, 5.41) is 10.8. The average Bonchev–Trinajstić information content (AvgIpc) is 2.17. The van der Waals surface area contributed by atoms with Gasteiger partial charge in [0.2, 0.25) is 0 Å². The molecule has 15 heavy (non-hydrogen) atoms. The van der Waals surface area contributed by atoms with Crippen molar-refractivity contribution in [2.75, 3.05) is 19.7 Å². The summed E-state index contributed by atoms with van der Waals surface area (Å²) in [5.74, 6) is 0.507. The van der Waals surface area contributed by atoms with Crippen LogP contribution in [-0.2, 0) is 9.53 Å². The van der Waals surface area contributed by atoms with Crippen molar-refractivity contribution in [2.24, 2.45) is 17.8 Å². The van der Waals surface area contributed by atoms with Crippen LogP contribution in [-0.4, -0.2) is 35.9 Å². The number of esters is 1. The van der Waals surface area contributed by atoms with E-state index in [1.54, 1.807) is 6.92 Å². The minimum Gasteiger partial charge on any atom is -0.466 e. The molecule has 0 saturated carbocycles. The summed E-state index contributed by atoms with van der Waals surface area (Å²) < 4.78 is 4.98. The van der Waals surface area contributed by atoms with Crippen molar-refractivity contribution in [2.45, 2.75) is 27.2 Å². The molecule has 0 aromatic rings. The molecule has 0 aromatic carbocycles. The van der Waals surface area contributed by atoms with Crippen LogP contribution in [0.1, 0.15) is 27.2 Å². The van der Waals surface area contributed by atoms with Gasteiger partial charge >= 0.3 is 5.97 Å². The lowest BCUT2D eigenvalue weighted by atomic mass is 9.83. The summed E-state index contributed by atoms with van der Waals surface area (Å²) >= 11 is 0. The van der Waals surface area contributed by atoms with Gasteiger partial charge in [0.1, 0.15) is 0 Å². The van der Waals surface area contributed by atoms with Crippen molar-refractivity contribution in [3.05, 3.63) is 0 Å². The number of ether oxygens (including phenoxy) is 1. The Kier molecular flexibility index (Phi) is 4.54. The molecule has 2 unspecified atom stereocenters. The van der Waals surface area contributed by atoms with Gasteiger partial charge in [0, 0.05) is 13.1 Å². The first-order valence-corrected chi connectivity index (χ1v) is 5.65. The van der Waals surface area contributed by atoms with Crippen molar-refractivity contribution in [3.63, 3.8) is 0 Å². The zero-order chi connectivity index (χ0) is 11.4. The third kappa shape index (κ3) is 3.47. The second-order valence-electron chi connectivity index (χ2n) is 4.56. The number of hydrogen-bond acceptors (Lipinski definition) is 4. The highest BCUT2D eigenvalue weighted by molar-refractivity contribution is 5.72. The maximum atomic E-state index is 11.6. The summed E-state index contributed by atoms with van der Waals surface area (Å²) in [6.45, 7) is 7.51. The Labute approximate surface area is 91.2 Å².